The number of benzene rings is 1. The molecule has 6 heteroatoms. The molecule has 1 N–H and O–H groups in total. The molecule has 37 heavy (non-hydrogen) atoms. The number of para-hydroxylation sites is 1. The number of nitrogens with zero attached hydrogens (tertiary/aromatic N) is 1. The molecular weight excluding hydrogens is 482 g/mol. The average Bonchev–Trinajstić information content (AvgIpc) is 3.60. The predicted molar refractivity (Wildman–Crippen MR) is 147 cm³/mol. The summed E-state index contributed by atoms with van der Waals surface area (Å²) in [6, 6.07) is 11.4. The standard InChI is InChI=1S/C31H37NO4S/c1-4-8-20(15-21-9-5-6-11-26(21)33)12-13-27-28-23(19(2)3)16-24-29(25(28)18-36-27)31(35)32(30(24)34)17-22-10-7-14-37-22/h5-7,9-11,14-15,19,24-25,27,29,33H,4,8,12-13,16-18H2,1-3H3/b20-15+/t24-,25+,27-,29-/m1/s1. The van der Waals surface area contributed by atoms with Crippen molar-refractivity contribution in [3.63, 3.8) is 0 Å². The number of imide groups is 1. The van der Waals surface area contributed by atoms with Gasteiger partial charge in [-0.15, -0.1) is 11.3 Å². The second-order valence-electron chi connectivity index (χ2n) is 10.9. The first kappa shape index (κ1) is 25.9. The van der Waals surface area contributed by atoms with Crippen molar-refractivity contribution in [3.8, 4) is 5.75 Å². The molecule has 2 aliphatic heterocycles. The van der Waals surface area contributed by atoms with Gasteiger partial charge in [0.15, 0.2) is 0 Å². The van der Waals surface area contributed by atoms with Crippen LogP contribution in [-0.2, 0) is 20.9 Å². The van der Waals surface area contributed by atoms with Gasteiger partial charge in [0.1, 0.15) is 5.75 Å². The monoisotopic (exact) mass is 519 g/mol. The molecule has 0 spiro atoms. The number of fused-ring (bicyclic) bond motifs is 3. The lowest BCUT2D eigenvalue weighted by Gasteiger charge is -2.33. The van der Waals surface area contributed by atoms with E-state index >= 15 is 0 Å². The smallest absolute Gasteiger partial charge is 0.234 e. The van der Waals surface area contributed by atoms with Gasteiger partial charge in [0, 0.05) is 16.4 Å². The van der Waals surface area contributed by atoms with Gasteiger partial charge in [-0.05, 0) is 54.7 Å². The highest BCUT2D eigenvalue weighted by atomic mass is 32.1. The number of ether oxygens (including phenoxy) is 1. The minimum Gasteiger partial charge on any atom is -0.507 e. The second kappa shape index (κ2) is 11.0. The topological polar surface area (TPSA) is 66.8 Å². The summed E-state index contributed by atoms with van der Waals surface area (Å²) in [4.78, 5) is 29.6. The highest BCUT2D eigenvalue weighted by molar-refractivity contribution is 7.09. The summed E-state index contributed by atoms with van der Waals surface area (Å²) in [7, 11) is 0. The first-order valence-electron chi connectivity index (χ1n) is 13.6. The van der Waals surface area contributed by atoms with Crippen molar-refractivity contribution in [2.75, 3.05) is 6.61 Å². The Kier molecular flexibility index (Phi) is 7.68. The summed E-state index contributed by atoms with van der Waals surface area (Å²) in [5.41, 5.74) is 4.74. The van der Waals surface area contributed by atoms with Crippen LogP contribution in [0.1, 0.15) is 63.3 Å². The maximum Gasteiger partial charge on any atom is 0.234 e. The number of hydrogen-bond acceptors (Lipinski definition) is 5. The van der Waals surface area contributed by atoms with Gasteiger partial charge in [0.25, 0.3) is 0 Å². The minimum atomic E-state index is -0.304. The van der Waals surface area contributed by atoms with Gasteiger partial charge in [-0.2, -0.15) is 0 Å². The van der Waals surface area contributed by atoms with E-state index in [0.29, 0.717) is 31.2 Å². The second-order valence-corrected chi connectivity index (χ2v) is 11.9. The third-order valence-corrected chi connectivity index (χ3v) is 9.08. The fraction of sp³-hybridized carbons (Fsp3) is 0.484. The van der Waals surface area contributed by atoms with Gasteiger partial charge in [0.05, 0.1) is 31.1 Å². The minimum absolute atomic E-state index is 0.0114. The van der Waals surface area contributed by atoms with Crippen LogP contribution in [0.3, 0.4) is 0 Å². The van der Waals surface area contributed by atoms with Crippen molar-refractivity contribution in [2.24, 2.45) is 23.7 Å². The fourth-order valence-electron chi connectivity index (χ4n) is 6.47. The van der Waals surface area contributed by atoms with E-state index in [2.05, 4.69) is 26.8 Å². The van der Waals surface area contributed by atoms with Gasteiger partial charge in [-0.1, -0.05) is 68.7 Å². The van der Waals surface area contributed by atoms with Gasteiger partial charge in [-0.3, -0.25) is 14.5 Å². The molecule has 2 fully saturated rings. The summed E-state index contributed by atoms with van der Waals surface area (Å²) in [6.07, 6.45) is 6.47. The first-order valence-corrected chi connectivity index (χ1v) is 14.5. The van der Waals surface area contributed by atoms with Crippen LogP contribution in [0.15, 0.2) is 58.5 Å². The van der Waals surface area contributed by atoms with Crippen molar-refractivity contribution < 1.29 is 19.4 Å². The maximum absolute atomic E-state index is 13.6. The molecule has 3 heterocycles. The quantitative estimate of drug-likeness (QED) is 0.300. The van der Waals surface area contributed by atoms with Crippen LogP contribution < -0.4 is 0 Å². The average molecular weight is 520 g/mol. The number of aromatic hydroxyl groups is 1. The number of rotatable bonds is 9. The molecule has 0 saturated carbocycles. The highest BCUT2D eigenvalue weighted by Crippen LogP contribution is 2.51. The third-order valence-electron chi connectivity index (χ3n) is 8.22. The van der Waals surface area contributed by atoms with E-state index in [4.69, 9.17) is 4.74 Å². The fourth-order valence-corrected chi connectivity index (χ4v) is 7.17. The van der Waals surface area contributed by atoms with E-state index in [1.54, 1.807) is 17.4 Å². The zero-order chi connectivity index (χ0) is 26.1. The molecule has 1 aromatic carbocycles. The molecule has 3 aliphatic rings. The molecule has 2 aromatic rings. The third kappa shape index (κ3) is 5.06. The molecule has 1 aliphatic carbocycles. The van der Waals surface area contributed by atoms with Crippen molar-refractivity contribution in [1.29, 1.82) is 0 Å². The Labute approximate surface area is 223 Å². The number of thiophene rings is 1. The Morgan fingerprint density at radius 2 is 1.95 bits per heavy atom. The normalized spacial score (nSPS) is 25.8. The number of phenols is 1. The van der Waals surface area contributed by atoms with Gasteiger partial charge in [-0.25, -0.2) is 0 Å². The Hall–Kier alpha value is -2.70. The zero-order valence-corrected chi connectivity index (χ0v) is 22.8. The molecule has 0 bridgehead atoms. The number of carbonyl (C=O) groups is 2. The molecule has 5 rings (SSSR count). The van der Waals surface area contributed by atoms with Crippen LogP contribution in [0.4, 0.5) is 0 Å². The van der Waals surface area contributed by atoms with Gasteiger partial charge in [0.2, 0.25) is 11.8 Å². The molecule has 5 nitrogen and oxygen atoms in total. The molecule has 0 radical (unpaired) electrons. The van der Waals surface area contributed by atoms with E-state index in [1.165, 1.54) is 21.6 Å². The van der Waals surface area contributed by atoms with Crippen LogP contribution >= 0.6 is 11.3 Å². The number of allylic oxidation sites excluding steroid dienone is 2. The van der Waals surface area contributed by atoms with Gasteiger partial charge >= 0.3 is 0 Å². The summed E-state index contributed by atoms with van der Waals surface area (Å²) < 4.78 is 6.40. The van der Waals surface area contributed by atoms with Crippen LogP contribution in [0.2, 0.25) is 0 Å². The number of likely N-dealkylation sites (tertiary alicyclic amines) is 1. The molecule has 0 unspecified atom stereocenters. The van der Waals surface area contributed by atoms with Crippen LogP contribution in [0, 0.1) is 23.7 Å². The van der Waals surface area contributed by atoms with Crippen molar-refractivity contribution in [3.05, 3.63) is 68.9 Å². The van der Waals surface area contributed by atoms with Crippen LogP contribution in [0.5, 0.6) is 5.75 Å². The number of amides is 2. The lowest BCUT2D eigenvalue weighted by Crippen LogP contribution is -2.35. The molecule has 2 amide bonds. The summed E-state index contributed by atoms with van der Waals surface area (Å²) in [5.74, 6) is -0.0112. The van der Waals surface area contributed by atoms with Crippen molar-refractivity contribution in [1.82, 2.24) is 4.90 Å². The summed E-state index contributed by atoms with van der Waals surface area (Å²) in [6.45, 7) is 7.45. The maximum atomic E-state index is 13.6. The number of hydrogen-bond donors (Lipinski definition) is 1. The molecule has 1 aromatic heterocycles. The van der Waals surface area contributed by atoms with E-state index in [0.717, 1.165) is 36.1 Å². The van der Waals surface area contributed by atoms with Crippen molar-refractivity contribution >= 4 is 29.2 Å². The number of carbonyl (C=O) groups excluding carboxylic acids is 2. The lowest BCUT2D eigenvalue weighted by molar-refractivity contribution is -0.140. The van der Waals surface area contributed by atoms with Crippen LogP contribution in [-0.4, -0.2) is 34.5 Å². The molecular formula is C31H37NO4S. The molecule has 2 saturated heterocycles. The lowest BCUT2D eigenvalue weighted by atomic mass is 9.67. The van der Waals surface area contributed by atoms with Crippen molar-refractivity contribution in [2.45, 2.75) is 65.5 Å². The number of phenolic OH excluding ortho intramolecular Hbond substituents is 1. The summed E-state index contributed by atoms with van der Waals surface area (Å²) in [5, 5.41) is 12.2. The Morgan fingerprint density at radius 1 is 1.14 bits per heavy atom. The first-order chi connectivity index (χ1) is 17.9. The Morgan fingerprint density at radius 3 is 2.65 bits per heavy atom. The van der Waals surface area contributed by atoms with E-state index in [-0.39, 0.29) is 35.7 Å². The van der Waals surface area contributed by atoms with E-state index in [1.807, 2.05) is 35.7 Å². The Bertz CT molecular complexity index is 1210. The Balaban J connectivity index is 1.37. The summed E-state index contributed by atoms with van der Waals surface area (Å²) >= 11 is 1.58. The SMILES string of the molecule is CCC/C(=C\c1ccccc1O)CC[C@H]1OC[C@H]2C1=C(C(C)C)C[C@H]1C(=O)N(Cc3cccs3)C(=O)[C@H]12. The zero-order valence-electron chi connectivity index (χ0n) is 22.0. The molecule has 4 atom stereocenters. The largest absolute Gasteiger partial charge is 0.507 e. The van der Waals surface area contributed by atoms with E-state index in [9.17, 15) is 14.7 Å². The highest BCUT2D eigenvalue weighted by Gasteiger charge is 2.57. The molecule has 196 valence electrons. The van der Waals surface area contributed by atoms with E-state index < -0.39 is 0 Å². The predicted octanol–water partition coefficient (Wildman–Crippen LogP) is 6.59. The van der Waals surface area contributed by atoms with Gasteiger partial charge < -0.3 is 9.84 Å². The van der Waals surface area contributed by atoms with Crippen LogP contribution in [0.25, 0.3) is 6.08 Å².